The zero-order valence-corrected chi connectivity index (χ0v) is 19.3. The summed E-state index contributed by atoms with van der Waals surface area (Å²) in [6.07, 6.45) is 5.52. The Kier molecular flexibility index (Phi) is 8.46. The average molecular weight is 433 g/mol. The van der Waals surface area contributed by atoms with Crippen LogP contribution in [0.15, 0.2) is 24.0 Å². The average Bonchev–Trinajstić information content (AvgIpc) is 3.36. The predicted molar refractivity (Wildman–Crippen MR) is 120 cm³/mol. The van der Waals surface area contributed by atoms with Gasteiger partial charge >= 0.3 is 6.03 Å². The monoisotopic (exact) mass is 432 g/mol. The fourth-order valence-electron chi connectivity index (χ4n) is 4.47. The summed E-state index contributed by atoms with van der Waals surface area (Å²) in [6.45, 7) is 7.92. The van der Waals surface area contributed by atoms with Crippen molar-refractivity contribution in [1.82, 2.24) is 9.80 Å². The molecule has 1 atom stereocenters. The maximum Gasteiger partial charge on any atom is 0.320 e. The van der Waals surface area contributed by atoms with Crippen LogP contribution in [0.1, 0.15) is 50.3 Å². The molecule has 4 rings (SSSR count). The Hall–Kier alpha value is -2.41. The number of morpholine rings is 1. The normalized spacial score (nSPS) is 20.1. The van der Waals surface area contributed by atoms with Gasteiger partial charge in [0.1, 0.15) is 11.5 Å². The SMILES string of the molecule is CC.COc1cc2c(c(OC)c1)C(CCC1=CCCO1)N(C(=O)N1CCOCC1)CC2. The third kappa shape index (κ3) is 5.26. The molecule has 0 N–H and O–H groups in total. The van der Waals surface area contributed by atoms with Crippen molar-refractivity contribution in [2.45, 2.75) is 45.6 Å². The highest BCUT2D eigenvalue weighted by Crippen LogP contribution is 2.42. The van der Waals surface area contributed by atoms with Crippen LogP contribution >= 0.6 is 0 Å². The number of nitrogens with zero attached hydrogens (tertiary/aromatic N) is 2. The molecule has 0 aliphatic carbocycles. The number of amides is 2. The Morgan fingerprint density at radius 3 is 2.52 bits per heavy atom. The summed E-state index contributed by atoms with van der Waals surface area (Å²) in [4.78, 5) is 17.3. The van der Waals surface area contributed by atoms with Crippen molar-refractivity contribution in [3.05, 3.63) is 35.1 Å². The molecular formula is C24H36N2O5. The van der Waals surface area contributed by atoms with E-state index in [-0.39, 0.29) is 12.1 Å². The van der Waals surface area contributed by atoms with E-state index in [2.05, 4.69) is 12.1 Å². The van der Waals surface area contributed by atoms with E-state index in [1.54, 1.807) is 14.2 Å². The molecule has 3 heterocycles. The van der Waals surface area contributed by atoms with Gasteiger partial charge < -0.3 is 28.7 Å². The van der Waals surface area contributed by atoms with Gasteiger partial charge in [0.25, 0.3) is 0 Å². The van der Waals surface area contributed by atoms with Gasteiger partial charge in [-0.15, -0.1) is 0 Å². The predicted octanol–water partition coefficient (Wildman–Crippen LogP) is 4.17. The number of hydrogen-bond acceptors (Lipinski definition) is 5. The number of methoxy groups -OCH3 is 2. The van der Waals surface area contributed by atoms with E-state index in [0.717, 1.165) is 55.1 Å². The largest absolute Gasteiger partial charge is 0.498 e. The van der Waals surface area contributed by atoms with Crippen LogP contribution in [0, 0.1) is 0 Å². The molecule has 3 aliphatic rings. The van der Waals surface area contributed by atoms with Crippen LogP contribution in [0.5, 0.6) is 11.5 Å². The maximum absolute atomic E-state index is 13.4. The van der Waals surface area contributed by atoms with Crippen molar-refractivity contribution in [3.8, 4) is 11.5 Å². The number of hydrogen-bond donors (Lipinski definition) is 0. The summed E-state index contributed by atoms with van der Waals surface area (Å²) in [7, 11) is 3.34. The second-order valence-electron chi connectivity index (χ2n) is 7.59. The summed E-state index contributed by atoms with van der Waals surface area (Å²) in [5.74, 6) is 2.60. The summed E-state index contributed by atoms with van der Waals surface area (Å²) in [5, 5.41) is 0. The van der Waals surface area contributed by atoms with Gasteiger partial charge in [0.2, 0.25) is 0 Å². The molecule has 0 aromatic heterocycles. The summed E-state index contributed by atoms with van der Waals surface area (Å²) < 4.78 is 22.3. The van der Waals surface area contributed by atoms with Gasteiger partial charge in [-0.3, -0.25) is 0 Å². The molecule has 3 aliphatic heterocycles. The molecule has 1 unspecified atom stereocenters. The number of ether oxygens (including phenoxy) is 4. The van der Waals surface area contributed by atoms with Crippen LogP contribution in [0.25, 0.3) is 0 Å². The first-order valence-electron chi connectivity index (χ1n) is 11.4. The number of allylic oxidation sites excluding steroid dienone is 1. The van der Waals surface area contributed by atoms with Crippen LogP contribution < -0.4 is 9.47 Å². The van der Waals surface area contributed by atoms with Crippen molar-refractivity contribution in [3.63, 3.8) is 0 Å². The summed E-state index contributed by atoms with van der Waals surface area (Å²) in [6, 6.07) is 4.02. The summed E-state index contributed by atoms with van der Waals surface area (Å²) in [5.41, 5.74) is 2.29. The number of urea groups is 1. The van der Waals surface area contributed by atoms with E-state index in [4.69, 9.17) is 18.9 Å². The number of carbonyl (C=O) groups is 1. The van der Waals surface area contributed by atoms with Gasteiger partial charge in [-0.05, 0) is 30.5 Å². The van der Waals surface area contributed by atoms with E-state index in [9.17, 15) is 4.79 Å². The number of rotatable bonds is 5. The highest BCUT2D eigenvalue weighted by molar-refractivity contribution is 5.76. The number of carbonyl (C=O) groups excluding carboxylic acids is 1. The lowest BCUT2D eigenvalue weighted by Gasteiger charge is -2.41. The number of fused-ring (bicyclic) bond motifs is 1. The van der Waals surface area contributed by atoms with Crippen molar-refractivity contribution >= 4 is 6.03 Å². The minimum absolute atomic E-state index is 0.0555. The van der Waals surface area contributed by atoms with Gasteiger partial charge in [-0.2, -0.15) is 0 Å². The first-order chi connectivity index (χ1) is 15.2. The molecule has 31 heavy (non-hydrogen) atoms. The standard InChI is InChI=1S/C22H30N2O5.C2H6/c1-26-18-14-16-7-8-24(22(25)23-9-12-28-13-10-23)19(21(16)20(15-18)27-2)6-5-17-4-3-11-29-17;1-2/h4,14-15,19H,3,5-13H2,1-2H3;1-2H3. The molecule has 0 bridgehead atoms. The van der Waals surface area contributed by atoms with E-state index < -0.39 is 0 Å². The quantitative estimate of drug-likeness (QED) is 0.699. The van der Waals surface area contributed by atoms with E-state index in [1.807, 2.05) is 29.7 Å². The van der Waals surface area contributed by atoms with Gasteiger partial charge in [0.05, 0.1) is 45.8 Å². The molecule has 7 nitrogen and oxygen atoms in total. The Bertz CT molecular complexity index is 756. The van der Waals surface area contributed by atoms with E-state index >= 15 is 0 Å². The smallest absolute Gasteiger partial charge is 0.320 e. The fraction of sp³-hybridized carbons (Fsp3) is 0.625. The van der Waals surface area contributed by atoms with E-state index in [1.165, 1.54) is 5.56 Å². The summed E-state index contributed by atoms with van der Waals surface area (Å²) >= 11 is 0. The maximum atomic E-state index is 13.4. The van der Waals surface area contributed by atoms with Crippen molar-refractivity contribution in [2.75, 3.05) is 53.7 Å². The molecule has 1 fully saturated rings. The molecule has 1 aromatic carbocycles. The minimum atomic E-state index is -0.0555. The molecule has 0 spiro atoms. The third-order valence-corrected chi connectivity index (χ3v) is 5.96. The molecule has 172 valence electrons. The molecule has 1 saturated heterocycles. The zero-order chi connectivity index (χ0) is 22.2. The fourth-order valence-corrected chi connectivity index (χ4v) is 4.47. The first kappa shape index (κ1) is 23.3. The van der Waals surface area contributed by atoms with Crippen LogP contribution in [-0.2, 0) is 15.9 Å². The van der Waals surface area contributed by atoms with Gasteiger partial charge in [0.15, 0.2) is 0 Å². The molecule has 0 saturated carbocycles. The van der Waals surface area contributed by atoms with Crippen molar-refractivity contribution < 1.29 is 23.7 Å². The minimum Gasteiger partial charge on any atom is -0.498 e. The lowest BCUT2D eigenvalue weighted by molar-refractivity contribution is 0.0372. The topological polar surface area (TPSA) is 60.5 Å². The van der Waals surface area contributed by atoms with Crippen LogP contribution in [0.4, 0.5) is 4.79 Å². The van der Waals surface area contributed by atoms with Crippen molar-refractivity contribution in [2.24, 2.45) is 0 Å². The van der Waals surface area contributed by atoms with Gasteiger partial charge in [0, 0.05) is 44.1 Å². The molecule has 2 amide bonds. The van der Waals surface area contributed by atoms with Crippen molar-refractivity contribution in [1.29, 1.82) is 0 Å². The lowest BCUT2D eigenvalue weighted by atomic mass is 9.88. The lowest BCUT2D eigenvalue weighted by Crippen LogP contribution is -2.51. The molecular weight excluding hydrogens is 396 g/mol. The van der Waals surface area contributed by atoms with Crippen LogP contribution in [0.2, 0.25) is 0 Å². The third-order valence-electron chi connectivity index (χ3n) is 5.96. The van der Waals surface area contributed by atoms with Crippen LogP contribution in [-0.4, -0.2) is 69.5 Å². The molecule has 7 heteroatoms. The Morgan fingerprint density at radius 2 is 1.87 bits per heavy atom. The van der Waals surface area contributed by atoms with Crippen LogP contribution in [0.3, 0.4) is 0 Å². The van der Waals surface area contributed by atoms with Gasteiger partial charge in [-0.1, -0.05) is 13.8 Å². The highest BCUT2D eigenvalue weighted by Gasteiger charge is 2.36. The second-order valence-corrected chi connectivity index (χ2v) is 7.59. The Balaban J connectivity index is 0.00000132. The second kappa shape index (κ2) is 11.3. The first-order valence-corrected chi connectivity index (χ1v) is 11.4. The molecule has 0 radical (unpaired) electrons. The Morgan fingerprint density at radius 1 is 1.10 bits per heavy atom. The van der Waals surface area contributed by atoms with Gasteiger partial charge in [-0.25, -0.2) is 4.79 Å². The molecule has 1 aromatic rings. The highest BCUT2D eigenvalue weighted by atomic mass is 16.5. The zero-order valence-electron chi connectivity index (χ0n) is 19.3. The number of benzene rings is 1. The van der Waals surface area contributed by atoms with E-state index in [0.29, 0.717) is 32.8 Å². The Labute approximate surface area is 185 Å².